The third-order valence-corrected chi connectivity index (χ3v) is 2.78. The van der Waals surface area contributed by atoms with Gasteiger partial charge in [-0.3, -0.25) is 0 Å². The van der Waals surface area contributed by atoms with Crippen LogP contribution >= 0.6 is 15.9 Å². The molecule has 2 aromatic rings. The summed E-state index contributed by atoms with van der Waals surface area (Å²) in [5.74, 6) is 0.575. The maximum atomic E-state index is 12.8. The van der Waals surface area contributed by atoms with Crippen molar-refractivity contribution in [3.8, 4) is 11.3 Å². The highest BCUT2D eigenvalue weighted by atomic mass is 79.9. The molecule has 0 aliphatic carbocycles. The van der Waals surface area contributed by atoms with Crippen LogP contribution in [0.5, 0.6) is 0 Å². The molecule has 84 valence electrons. The van der Waals surface area contributed by atoms with Gasteiger partial charge < -0.3 is 10.7 Å². The predicted molar refractivity (Wildman–Crippen MR) is 64.4 cm³/mol. The third-order valence-electron chi connectivity index (χ3n) is 2.21. The lowest BCUT2D eigenvalue weighted by atomic mass is 10.2. The zero-order chi connectivity index (χ0) is 11.5. The summed E-state index contributed by atoms with van der Waals surface area (Å²) >= 11 is 3.39. The first-order valence-corrected chi connectivity index (χ1v) is 5.70. The van der Waals surface area contributed by atoms with Crippen LogP contribution in [0.1, 0.15) is 5.82 Å². The van der Waals surface area contributed by atoms with Crippen molar-refractivity contribution in [2.24, 2.45) is 5.73 Å². The van der Waals surface area contributed by atoms with E-state index in [0.717, 1.165) is 21.7 Å². The standard InChI is InChI=1S/C11H11BrFN3/c12-11-10(15-9(16-11)5-6-14)7-1-3-8(13)4-2-7/h1-4H,5-6,14H2,(H,15,16). The number of imidazole rings is 1. The second-order valence-corrected chi connectivity index (χ2v) is 4.18. The summed E-state index contributed by atoms with van der Waals surface area (Å²) in [7, 11) is 0. The summed E-state index contributed by atoms with van der Waals surface area (Å²) in [5, 5.41) is 0. The topological polar surface area (TPSA) is 54.7 Å². The minimum absolute atomic E-state index is 0.252. The Morgan fingerprint density at radius 3 is 2.62 bits per heavy atom. The number of hydrogen-bond donors (Lipinski definition) is 2. The molecule has 0 saturated heterocycles. The van der Waals surface area contributed by atoms with E-state index >= 15 is 0 Å². The number of aromatic amines is 1. The van der Waals surface area contributed by atoms with E-state index in [0.29, 0.717) is 13.0 Å². The molecule has 0 fully saturated rings. The maximum Gasteiger partial charge on any atom is 0.123 e. The molecule has 0 aliphatic rings. The summed E-state index contributed by atoms with van der Waals surface area (Å²) in [6.07, 6.45) is 0.694. The quantitative estimate of drug-likeness (QED) is 0.909. The van der Waals surface area contributed by atoms with Crippen molar-refractivity contribution in [1.29, 1.82) is 0 Å². The molecule has 1 aromatic carbocycles. The lowest BCUT2D eigenvalue weighted by Gasteiger charge is -1.96. The number of benzene rings is 1. The predicted octanol–water partition coefficient (Wildman–Crippen LogP) is 2.48. The zero-order valence-electron chi connectivity index (χ0n) is 8.50. The fourth-order valence-electron chi connectivity index (χ4n) is 1.45. The van der Waals surface area contributed by atoms with E-state index < -0.39 is 0 Å². The molecule has 1 aromatic heterocycles. The monoisotopic (exact) mass is 283 g/mol. The van der Waals surface area contributed by atoms with Crippen molar-refractivity contribution in [1.82, 2.24) is 9.97 Å². The first-order chi connectivity index (χ1) is 7.70. The molecule has 0 bridgehead atoms. The van der Waals surface area contributed by atoms with Gasteiger partial charge in [-0.15, -0.1) is 0 Å². The summed E-state index contributed by atoms with van der Waals surface area (Å²) in [4.78, 5) is 7.49. The number of rotatable bonds is 3. The third kappa shape index (κ3) is 2.31. The van der Waals surface area contributed by atoms with E-state index in [1.165, 1.54) is 12.1 Å². The molecule has 16 heavy (non-hydrogen) atoms. The highest BCUT2D eigenvalue weighted by Gasteiger charge is 2.09. The Bertz CT molecular complexity index is 478. The summed E-state index contributed by atoms with van der Waals surface area (Å²) in [6.45, 7) is 0.544. The SMILES string of the molecule is NCCc1nc(-c2ccc(F)cc2)c(Br)[nH]1. The van der Waals surface area contributed by atoms with Crippen LogP contribution in [0.3, 0.4) is 0 Å². The number of aromatic nitrogens is 2. The maximum absolute atomic E-state index is 12.8. The Morgan fingerprint density at radius 2 is 2.00 bits per heavy atom. The van der Waals surface area contributed by atoms with Gasteiger partial charge in [-0.05, 0) is 46.7 Å². The van der Waals surface area contributed by atoms with Crippen molar-refractivity contribution in [3.63, 3.8) is 0 Å². The van der Waals surface area contributed by atoms with E-state index in [-0.39, 0.29) is 5.82 Å². The second kappa shape index (κ2) is 4.76. The minimum atomic E-state index is -0.252. The number of nitrogens with two attached hydrogens (primary N) is 1. The smallest absolute Gasteiger partial charge is 0.123 e. The highest BCUT2D eigenvalue weighted by molar-refractivity contribution is 9.10. The summed E-state index contributed by atoms with van der Waals surface area (Å²) < 4.78 is 13.6. The molecule has 3 N–H and O–H groups in total. The van der Waals surface area contributed by atoms with E-state index in [4.69, 9.17) is 5.73 Å². The largest absolute Gasteiger partial charge is 0.336 e. The van der Waals surface area contributed by atoms with Crippen molar-refractivity contribution >= 4 is 15.9 Å². The number of hydrogen-bond acceptors (Lipinski definition) is 2. The van der Waals surface area contributed by atoms with Crippen LogP contribution in [0.15, 0.2) is 28.9 Å². The van der Waals surface area contributed by atoms with Gasteiger partial charge in [-0.2, -0.15) is 0 Å². The second-order valence-electron chi connectivity index (χ2n) is 3.39. The number of nitrogens with zero attached hydrogens (tertiary/aromatic N) is 1. The van der Waals surface area contributed by atoms with Crippen molar-refractivity contribution in [2.45, 2.75) is 6.42 Å². The van der Waals surface area contributed by atoms with Gasteiger partial charge in [0.05, 0.1) is 0 Å². The van der Waals surface area contributed by atoms with Crippen molar-refractivity contribution in [2.75, 3.05) is 6.54 Å². The first kappa shape index (κ1) is 11.3. The number of H-pyrrole nitrogens is 1. The van der Waals surface area contributed by atoms with Gasteiger partial charge in [0.1, 0.15) is 21.9 Å². The molecule has 2 rings (SSSR count). The molecule has 0 spiro atoms. The van der Waals surface area contributed by atoms with E-state index in [1.54, 1.807) is 12.1 Å². The van der Waals surface area contributed by atoms with Gasteiger partial charge >= 0.3 is 0 Å². The van der Waals surface area contributed by atoms with Gasteiger partial charge in [-0.25, -0.2) is 9.37 Å². The first-order valence-electron chi connectivity index (χ1n) is 4.91. The average Bonchev–Trinajstić information content (AvgIpc) is 2.61. The van der Waals surface area contributed by atoms with E-state index in [1.807, 2.05) is 0 Å². The van der Waals surface area contributed by atoms with Crippen LogP contribution in [-0.2, 0) is 6.42 Å². The lowest BCUT2D eigenvalue weighted by Crippen LogP contribution is -2.03. The molecule has 3 nitrogen and oxygen atoms in total. The summed E-state index contributed by atoms with van der Waals surface area (Å²) in [6, 6.07) is 6.23. The van der Waals surface area contributed by atoms with Crippen molar-refractivity contribution in [3.05, 3.63) is 40.5 Å². The van der Waals surface area contributed by atoms with Gasteiger partial charge in [0.15, 0.2) is 0 Å². The lowest BCUT2D eigenvalue weighted by molar-refractivity contribution is 0.628. The van der Waals surface area contributed by atoms with Crippen LogP contribution in [0.25, 0.3) is 11.3 Å². The molecule has 0 amide bonds. The number of halogens is 2. The molecule has 1 heterocycles. The fourth-order valence-corrected chi connectivity index (χ4v) is 2.00. The van der Waals surface area contributed by atoms with Crippen LogP contribution in [-0.4, -0.2) is 16.5 Å². The fraction of sp³-hybridized carbons (Fsp3) is 0.182. The molecular formula is C11H11BrFN3. The molecular weight excluding hydrogens is 273 g/mol. The van der Waals surface area contributed by atoms with Crippen LogP contribution in [0, 0.1) is 5.82 Å². The Balaban J connectivity index is 2.36. The van der Waals surface area contributed by atoms with Gasteiger partial charge in [0.2, 0.25) is 0 Å². The van der Waals surface area contributed by atoms with E-state index in [9.17, 15) is 4.39 Å². The molecule has 0 saturated carbocycles. The summed E-state index contributed by atoms with van der Waals surface area (Å²) in [5.41, 5.74) is 7.10. The highest BCUT2D eigenvalue weighted by Crippen LogP contribution is 2.26. The van der Waals surface area contributed by atoms with Crippen molar-refractivity contribution < 1.29 is 4.39 Å². The Hall–Kier alpha value is -1.20. The number of nitrogens with one attached hydrogen (secondary N) is 1. The Morgan fingerprint density at radius 1 is 1.31 bits per heavy atom. The minimum Gasteiger partial charge on any atom is -0.336 e. The van der Waals surface area contributed by atoms with Gasteiger partial charge in [-0.1, -0.05) is 0 Å². The average molecular weight is 284 g/mol. The van der Waals surface area contributed by atoms with Crippen LogP contribution in [0.2, 0.25) is 0 Å². The normalized spacial score (nSPS) is 10.7. The Labute approximate surface area is 101 Å². The molecule has 5 heteroatoms. The zero-order valence-corrected chi connectivity index (χ0v) is 10.1. The van der Waals surface area contributed by atoms with Crippen LogP contribution in [0.4, 0.5) is 4.39 Å². The van der Waals surface area contributed by atoms with Crippen LogP contribution < -0.4 is 5.73 Å². The van der Waals surface area contributed by atoms with E-state index in [2.05, 4.69) is 25.9 Å². The Kier molecular flexibility index (Phi) is 3.36. The van der Waals surface area contributed by atoms with Gasteiger partial charge in [0, 0.05) is 12.0 Å². The molecule has 0 atom stereocenters. The van der Waals surface area contributed by atoms with Gasteiger partial charge in [0.25, 0.3) is 0 Å². The molecule has 0 aliphatic heterocycles. The molecule has 0 radical (unpaired) electrons. The molecule has 0 unspecified atom stereocenters.